The van der Waals surface area contributed by atoms with Crippen LogP contribution in [0.1, 0.15) is 16.7 Å². The first kappa shape index (κ1) is 12.9. The van der Waals surface area contributed by atoms with Gasteiger partial charge in [0.05, 0.1) is 17.4 Å². The summed E-state index contributed by atoms with van der Waals surface area (Å²) in [5.41, 5.74) is 10.0. The molecule has 96 valence electrons. The van der Waals surface area contributed by atoms with Crippen LogP contribution in [0.3, 0.4) is 0 Å². The third-order valence-electron chi connectivity index (χ3n) is 3.04. The van der Waals surface area contributed by atoms with Crippen LogP contribution >= 0.6 is 0 Å². The van der Waals surface area contributed by atoms with Crippen LogP contribution in [0.5, 0.6) is 0 Å². The summed E-state index contributed by atoms with van der Waals surface area (Å²) in [6.07, 6.45) is 1.57. The van der Waals surface area contributed by atoms with Gasteiger partial charge in [0.2, 0.25) is 0 Å². The number of nitrogen functional groups attached to an aromatic ring is 1. The van der Waals surface area contributed by atoms with Crippen molar-refractivity contribution in [1.82, 2.24) is 4.98 Å². The van der Waals surface area contributed by atoms with E-state index >= 15 is 0 Å². The Morgan fingerprint density at radius 1 is 1.26 bits per heavy atom. The molecule has 0 atom stereocenters. The Kier molecular flexibility index (Phi) is 3.39. The zero-order chi connectivity index (χ0) is 14.0. The van der Waals surface area contributed by atoms with Gasteiger partial charge in [-0.1, -0.05) is 17.7 Å². The second-order valence-corrected chi connectivity index (χ2v) is 4.60. The molecular weight excluding hydrogens is 236 g/mol. The normalized spacial score (nSPS) is 10.0. The maximum atomic E-state index is 9.18. The van der Waals surface area contributed by atoms with Crippen molar-refractivity contribution in [2.75, 3.05) is 17.7 Å². The van der Waals surface area contributed by atoms with Gasteiger partial charge in [-0.2, -0.15) is 5.26 Å². The van der Waals surface area contributed by atoms with E-state index in [1.165, 1.54) is 5.56 Å². The van der Waals surface area contributed by atoms with Crippen LogP contribution in [-0.4, -0.2) is 12.0 Å². The van der Waals surface area contributed by atoms with Gasteiger partial charge in [0.1, 0.15) is 6.07 Å². The molecule has 0 amide bonds. The van der Waals surface area contributed by atoms with Crippen LogP contribution in [0.4, 0.5) is 17.2 Å². The third-order valence-corrected chi connectivity index (χ3v) is 3.04. The van der Waals surface area contributed by atoms with Crippen LogP contribution in [0.25, 0.3) is 0 Å². The maximum Gasteiger partial charge on any atom is 0.150 e. The largest absolute Gasteiger partial charge is 0.397 e. The maximum absolute atomic E-state index is 9.18. The van der Waals surface area contributed by atoms with E-state index in [-0.39, 0.29) is 0 Å². The van der Waals surface area contributed by atoms with Crippen LogP contribution < -0.4 is 10.6 Å². The topological polar surface area (TPSA) is 65.9 Å². The fraction of sp³-hybridized carbons (Fsp3) is 0.200. The number of hydrogen-bond donors (Lipinski definition) is 1. The molecule has 0 spiro atoms. The molecule has 0 aliphatic heterocycles. The summed E-state index contributed by atoms with van der Waals surface area (Å²) in [6.45, 7) is 4.10. The lowest BCUT2D eigenvalue weighted by Gasteiger charge is -2.21. The van der Waals surface area contributed by atoms with Gasteiger partial charge >= 0.3 is 0 Å². The van der Waals surface area contributed by atoms with E-state index in [0.717, 1.165) is 11.3 Å². The summed E-state index contributed by atoms with van der Waals surface area (Å²) in [4.78, 5) is 6.18. The van der Waals surface area contributed by atoms with Gasteiger partial charge in [0, 0.05) is 12.7 Å². The van der Waals surface area contributed by atoms with Crippen molar-refractivity contribution in [3.63, 3.8) is 0 Å². The zero-order valence-corrected chi connectivity index (χ0v) is 11.3. The quantitative estimate of drug-likeness (QED) is 0.892. The molecule has 1 heterocycles. The predicted molar refractivity (Wildman–Crippen MR) is 77.3 cm³/mol. The molecule has 1 aromatic carbocycles. The first-order valence-electron chi connectivity index (χ1n) is 5.99. The van der Waals surface area contributed by atoms with Crippen molar-refractivity contribution in [3.05, 3.63) is 47.2 Å². The van der Waals surface area contributed by atoms with Gasteiger partial charge in [-0.3, -0.25) is 0 Å². The molecule has 2 rings (SSSR count). The minimum atomic E-state index is 0.475. The number of aromatic nitrogens is 1. The summed E-state index contributed by atoms with van der Waals surface area (Å²) in [7, 11) is 1.90. The number of anilines is 3. The Morgan fingerprint density at radius 2 is 2.00 bits per heavy atom. The van der Waals surface area contributed by atoms with Crippen molar-refractivity contribution in [1.29, 1.82) is 5.26 Å². The van der Waals surface area contributed by atoms with Gasteiger partial charge < -0.3 is 10.6 Å². The van der Waals surface area contributed by atoms with Crippen LogP contribution in [0.15, 0.2) is 30.5 Å². The Bertz CT molecular complexity index is 656. The van der Waals surface area contributed by atoms with E-state index < -0.39 is 0 Å². The number of benzene rings is 1. The summed E-state index contributed by atoms with van der Waals surface area (Å²) >= 11 is 0. The molecular formula is C15H16N4. The highest BCUT2D eigenvalue weighted by atomic mass is 15.2. The monoisotopic (exact) mass is 252 g/mol. The number of rotatable bonds is 2. The molecule has 0 fully saturated rings. The molecule has 4 heteroatoms. The van der Waals surface area contributed by atoms with E-state index in [4.69, 9.17) is 5.73 Å². The standard InChI is InChI=1S/C15H16N4/c1-10-4-5-14(11(2)6-10)19(3)15-12(8-16)7-13(17)9-18-15/h4-7,9H,17H2,1-3H3. The fourth-order valence-corrected chi connectivity index (χ4v) is 2.12. The number of nitriles is 1. The van der Waals surface area contributed by atoms with E-state index in [1.807, 2.05) is 31.0 Å². The first-order chi connectivity index (χ1) is 9.02. The number of aryl methyl sites for hydroxylation is 2. The zero-order valence-electron chi connectivity index (χ0n) is 11.3. The Labute approximate surface area is 113 Å². The van der Waals surface area contributed by atoms with E-state index in [9.17, 15) is 5.26 Å². The van der Waals surface area contributed by atoms with E-state index in [1.54, 1.807) is 12.3 Å². The lowest BCUT2D eigenvalue weighted by molar-refractivity contribution is 1.10. The predicted octanol–water partition coefficient (Wildman–Crippen LogP) is 2.92. The molecule has 0 unspecified atom stereocenters. The molecule has 0 saturated heterocycles. The van der Waals surface area contributed by atoms with E-state index in [2.05, 4.69) is 24.0 Å². The second kappa shape index (κ2) is 4.99. The Hall–Kier alpha value is -2.54. The summed E-state index contributed by atoms with van der Waals surface area (Å²) < 4.78 is 0. The van der Waals surface area contributed by atoms with Crippen molar-refractivity contribution < 1.29 is 0 Å². The molecule has 2 N–H and O–H groups in total. The van der Waals surface area contributed by atoms with Gasteiger partial charge in [0.25, 0.3) is 0 Å². The minimum absolute atomic E-state index is 0.475. The molecule has 0 radical (unpaired) electrons. The smallest absolute Gasteiger partial charge is 0.150 e. The first-order valence-corrected chi connectivity index (χ1v) is 5.99. The van der Waals surface area contributed by atoms with Crippen molar-refractivity contribution in [2.24, 2.45) is 0 Å². The average Bonchev–Trinajstić information content (AvgIpc) is 2.37. The highest BCUT2D eigenvalue weighted by Gasteiger charge is 2.13. The Balaban J connectivity index is 2.50. The summed E-state index contributed by atoms with van der Waals surface area (Å²) in [6, 6.07) is 9.96. The molecule has 1 aromatic heterocycles. The van der Waals surface area contributed by atoms with Crippen molar-refractivity contribution in [3.8, 4) is 6.07 Å². The molecule has 0 aliphatic carbocycles. The lowest BCUT2D eigenvalue weighted by atomic mass is 10.1. The number of nitrogens with two attached hydrogens (primary N) is 1. The minimum Gasteiger partial charge on any atom is -0.397 e. The molecule has 2 aromatic rings. The molecule has 0 aliphatic rings. The molecule has 0 saturated carbocycles. The Morgan fingerprint density at radius 3 is 2.63 bits per heavy atom. The average molecular weight is 252 g/mol. The van der Waals surface area contributed by atoms with Crippen LogP contribution in [-0.2, 0) is 0 Å². The van der Waals surface area contributed by atoms with Gasteiger partial charge in [0.15, 0.2) is 5.82 Å². The third kappa shape index (κ3) is 2.50. The van der Waals surface area contributed by atoms with Gasteiger partial charge in [-0.15, -0.1) is 0 Å². The highest BCUT2D eigenvalue weighted by Crippen LogP contribution is 2.28. The summed E-state index contributed by atoms with van der Waals surface area (Å²) in [5, 5.41) is 9.18. The summed E-state index contributed by atoms with van der Waals surface area (Å²) in [5.74, 6) is 0.614. The number of hydrogen-bond acceptors (Lipinski definition) is 4. The molecule has 4 nitrogen and oxygen atoms in total. The van der Waals surface area contributed by atoms with Gasteiger partial charge in [-0.25, -0.2) is 4.98 Å². The van der Waals surface area contributed by atoms with Gasteiger partial charge in [-0.05, 0) is 31.5 Å². The van der Waals surface area contributed by atoms with Crippen molar-refractivity contribution in [2.45, 2.75) is 13.8 Å². The SMILES string of the molecule is Cc1ccc(N(C)c2ncc(N)cc2C#N)c(C)c1. The molecule has 0 bridgehead atoms. The number of pyridine rings is 1. The molecule has 19 heavy (non-hydrogen) atoms. The second-order valence-electron chi connectivity index (χ2n) is 4.60. The fourth-order valence-electron chi connectivity index (χ4n) is 2.12. The van der Waals surface area contributed by atoms with Crippen LogP contribution in [0, 0.1) is 25.2 Å². The lowest BCUT2D eigenvalue weighted by Crippen LogP contribution is -2.14. The van der Waals surface area contributed by atoms with Crippen molar-refractivity contribution >= 4 is 17.2 Å². The van der Waals surface area contributed by atoms with Crippen LogP contribution in [0.2, 0.25) is 0 Å². The highest BCUT2D eigenvalue weighted by molar-refractivity contribution is 5.69. The number of nitrogens with zero attached hydrogens (tertiary/aromatic N) is 3. The van der Waals surface area contributed by atoms with E-state index in [0.29, 0.717) is 17.1 Å².